The van der Waals surface area contributed by atoms with Gasteiger partial charge in [0, 0.05) is 11.6 Å². The number of amides is 2. The number of benzene rings is 3. The van der Waals surface area contributed by atoms with Crippen LogP contribution in [0.1, 0.15) is 5.56 Å². The summed E-state index contributed by atoms with van der Waals surface area (Å²) in [6.45, 7) is 0. The number of hydrogen-bond acceptors (Lipinski definition) is 6. The van der Waals surface area contributed by atoms with E-state index < -0.39 is 0 Å². The summed E-state index contributed by atoms with van der Waals surface area (Å²) in [7, 11) is 3.25. The quantitative estimate of drug-likeness (QED) is 0.559. The Bertz CT molecular complexity index is 1110. The molecule has 31 heavy (non-hydrogen) atoms. The number of carbonyl (C=O) groups excluding carboxylic acids is 2. The normalized spacial score (nSPS) is 15.5. The molecule has 158 valence electrons. The molecule has 1 fully saturated rings. The molecule has 1 N–H and O–H groups in total. The number of rotatable bonds is 7. The monoisotopic (exact) mass is 435 g/mol. The van der Waals surface area contributed by atoms with Gasteiger partial charge in [0.05, 0.1) is 19.5 Å². The molecule has 3 aromatic carbocycles. The maximum Gasteiger partial charge on any atom is 0.286 e. The summed E-state index contributed by atoms with van der Waals surface area (Å²) in [4.78, 5) is 23.0. The van der Waals surface area contributed by atoms with Crippen molar-refractivity contribution in [3.63, 3.8) is 0 Å². The topological polar surface area (TPSA) is 73.9 Å². The molecule has 0 saturated carbocycles. The summed E-state index contributed by atoms with van der Waals surface area (Å²) in [5.74, 6) is 2.59. The van der Waals surface area contributed by atoms with E-state index in [9.17, 15) is 9.59 Å². The summed E-state index contributed by atoms with van der Waals surface area (Å²) in [6, 6.07) is 21.0. The zero-order valence-electron chi connectivity index (χ0n) is 17.1. The molecule has 2 amide bonds. The van der Waals surface area contributed by atoms with Crippen molar-refractivity contribution in [2.45, 2.75) is 11.7 Å². The maximum absolute atomic E-state index is 11.7. The van der Waals surface area contributed by atoms with E-state index in [2.05, 4.69) is 5.32 Å². The Labute approximate surface area is 184 Å². The molecule has 7 heteroatoms. The van der Waals surface area contributed by atoms with Crippen molar-refractivity contribution in [2.75, 3.05) is 14.2 Å². The smallest absolute Gasteiger partial charge is 0.286 e. The van der Waals surface area contributed by atoms with Gasteiger partial charge < -0.3 is 14.2 Å². The Morgan fingerprint density at radius 3 is 2.32 bits per heavy atom. The van der Waals surface area contributed by atoms with E-state index >= 15 is 0 Å². The lowest BCUT2D eigenvalue weighted by Gasteiger charge is -2.12. The summed E-state index contributed by atoms with van der Waals surface area (Å²) in [5, 5.41) is 1.64. The Morgan fingerprint density at radius 1 is 0.871 bits per heavy atom. The van der Waals surface area contributed by atoms with Crippen LogP contribution in [0.4, 0.5) is 4.79 Å². The summed E-state index contributed by atoms with van der Waals surface area (Å²) in [5.41, 5.74) is 2.86. The molecule has 0 aromatic heterocycles. The second-order valence-electron chi connectivity index (χ2n) is 6.93. The van der Waals surface area contributed by atoms with Gasteiger partial charge in [0.25, 0.3) is 5.24 Å². The van der Waals surface area contributed by atoms with Crippen LogP contribution in [-0.4, -0.2) is 30.6 Å². The molecule has 3 aromatic rings. The van der Waals surface area contributed by atoms with Crippen LogP contribution in [0.5, 0.6) is 23.0 Å². The van der Waals surface area contributed by atoms with Crippen LogP contribution in [0.15, 0.2) is 66.7 Å². The number of methoxy groups -OCH3 is 2. The van der Waals surface area contributed by atoms with E-state index in [4.69, 9.17) is 14.2 Å². The van der Waals surface area contributed by atoms with Crippen LogP contribution < -0.4 is 19.5 Å². The van der Waals surface area contributed by atoms with Gasteiger partial charge in [-0.15, -0.1) is 0 Å². The molecule has 0 aliphatic carbocycles. The van der Waals surface area contributed by atoms with Gasteiger partial charge in [-0.25, -0.2) is 0 Å². The molecule has 0 bridgehead atoms. The first-order valence-corrected chi connectivity index (χ1v) is 10.5. The van der Waals surface area contributed by atoms with Crippen LogP contribution in [0.2, 0.25) is 0 Å². The molecule has 1 aliphatic rings. The maximum atomic E-state index is 11.7. The lowest BCUT2D eigenvalue weighted by molar-refractivity contribution is -0.118. The van der Waals surface area contributed by atoms with Gasteiger partial charge in [0.2, 0.25) is 5.91 Å². The number of imide groups is 1. The van der Waals surface area contributed by atoms with E-state index in [-0.39, 0.29) is 16.4 Å². The lowest BCUT2D eigenvalue weighted by atomic mass is 10.0. The van der Waals surface area contributed by atoms with Gasteiger partial charge >= 0.3 is 0 Å². The molecule has 0 spiro atoms. The first kappa shape index (κ1) is 20.8. The Kier molecular flexibility index (Phi) is 6.13. The fourth-order valence-electron chi connectivity index (χ4n) is 3.34. The van der Waals surface area contributed by atoms with Crippen molar-refractivity contribution < 1.29 is 23.8 Å². The Balaban J connectivity index is 1.48. The van der Waals surface area contributed by atoms with Crippen molar-refractivity contribution in [1.29, 1.82) is 0 Å². The minimum atomic E-state index is -0.379. The highest BCUT2D eigenvalue weighted by Gasteiger charge is 2.31. The van der Waals surface area contributed by atoms with Crippen LogP contribution in [0.25, 0.3) is 11.1 Å². The third kappa shape index (κ3) is 4.83. The van der Waals surface area contributed by atoms with E-state index in [1.54, 1.807) is 14.2 Å². The van der Waals surface area contributed by atoms with E-state index in [0.29, 0.717) is 23.7 Å². The zero-order chi connectivity index (χ0) is 21.8. The standard InChI is InChI=1S/C24H21NO5S/c1-28-18-10-11-20(21(14-18)29-2)16-4-3-5-19(13-16)30-17-8-6-15(7-9-17)12-22-23(26)25-24(27)31-22/h3-11,13-14,22H,12H2,1-2H3,(H,25,26,27). The molecule has 1 unspecified atom stereocenters. The minimum absolute atomic E-state index is 0.235. The number of hydrogen-bond donors (Lipinski definition) is 1. The molecule has 0 radical (unpaired) electrons. The Hall–Kier alpha value is -3.45. The molecule has 4 rings (SSSR count). The second-order valence-corrected chi connectivity index (χ2v) is 8.10. The highest BCUT2D eigenvalue weighted by molar-refractivity contribution is 8.15. The SMILES string of the molecule is COc1ccc(-c2cccc(Oc3ccc(CC4SC(=O)NC4=O)cc3)c2)c(OC)c1. The lowest BCUT2D eigenvalue weighted by Crippen LogP contribution is -2.25. The second kappa shape index (κ2) is 9.14. The molecular weight excluding hydrogens is 414 g/mol. The average Bonchev–Trinajstić information content (AvgIpc) is 3.11. The number of carbonyl (C=O) groups is 2. The van der Waals surface area contributed by atoms with E-state index in [0.717, 1.165) is 34.2 Å². The van der Waals surface area contributed by atoms with Crippen LogP contribution >= 0.6 is 11.8 Å². The van der Waals surface area contributed by atoms with Crippen molar-refractivity contribution in [2.24, 2.45) is 0 Å². The van der Waals surface area contributed by atoms with Crippen molar-refractivity contribution >= 4 is 22.9 Å². The predicted molar refractivity (Wildman–Crippen MR) is 120 cm³/mol. The highest BCUT2D eigenvalue weighted by atomic mass is 32.2. The van der Waals surface area contributed by atoms with Crippen molar-refractivity contribution in [3.8, 4) is 34.1 Å². The summed E-state index contributed by atoms with van der Waals surface area (Å²) in [6.07, 6.45) is 0.495. The number of nitrogens with one attached hydrogen (secondary N) is 1. The fraction of sp³-hybridized carbons (Fsp3) is 0.167. The molecule has 1 aliphatic heterocycles. The van der Waals surface area contributed by atoms with Gasteiger partial charge in [-0.05, 0) is 53.9 Å². The molecular formula is C24H21NO5S. The van der Waals surface area contributed by atoms with Crippen molar-refractivity contribution in [3.05, 3.63) is 72.3 Å². The fourth-order valence-corrected chi connectivity index (χ4v) is 4.20. The summed E-state index contributed by atoms with van der Waals surface area (Å²) < 4.78 is 16.8. The largest absolute Gasteiger partial charge is 0.497 e. The first-order chi connectivity index (χ1) is 15.1. The van der Waals surface area contributed by atoms with Gasteiger partial charge in [0.1, 0.15) is 23.0 Å². The zero-order valence-corrected chi connectivity index (χ0v) is 17.9. The summed E-state index contributed by atoms with van der Waals surface area (Å²) >= 11 is 1.03. The minimum Gasteiger partial charge on any atom is -0.497 e. The molecule has 1 heterocycles. The predicted octanol–water partition coefficient (Wildman–Crippen LogP) is 5.06. The van der Waals surface area contributed by atoms with Gasteiger partial charge in [-0.1, -0.05) is 36.0 Å². The van der Waals surface area contributed by atoms with E-state index in [1.165, 1.54) is 0 Å². The van der Waals surface area contributed by atoms with Crippen molar-refractivity contribution in [1.82, 2.24) is 5.32 Å². The van der Waals surface area contributed by atoms with Gasteiger partial charge in [-0.3, -0.25) is 14.9 Å². The van der Waals surface area contributed by atoms with Crippen LogP contribution in [0, 0.1) is 0 Å². The highest BCUT2D eigenvalue weighted by Crippen LogP contribution is 2.35. The molecule has 1 saturated heterocycles. The van der Waals surface area contributed by atoms with Crippen LogP contribution in [0.3, 0.4) is 0 Å². The first-order valence-electron chi connectivity index (χ1n) is 9.66. The average molecular weight is 436 g/mol. The third-order valence-corrected chi connectivity index (χ3v) is 5.88. The van der Waals surface area contributed by atoms with Gasteiger partial charge in [0.15, 0.2) is 0 Å². The molecule has 1 atom stereocenters. The third-order valence-electron chi connectivity index (χ3n) is 4.90. The van der Waals surface area contributed by atoms with E-state index in [1.807, 2.05) is 66.7 Å². The molecule has 6 nitrogen and oxygen atoms in total. The Morgan fingerprint density at radius 2 is 1.65 bits per heavy atom. The van der Waals surface area contributed by atoms with Gasteiger partial charge in [-0.2, -0.15) is 0 Å². The number of thioether (sulfide) groups is 1. The van der Waals surface area contributed by atoms with Crippen LogP contribution in [-0.2, 0) is 11.2 Å². The number of ether oxygens (including phenoxy) is 3.